The van der Waals surface area contributed by atoms with Gasteiger partial charge in [-0.05, 0) is 38.4 Å². The van der Waals surface area contributed by atoms with E-state index in [0.29, 0.717) is 13.1 Å². The molecule has 0 amide bonds. The lowest BCUT2D eigenvalue weighted by Crippen LogP contribution is -2.43. The molecule has 0 bridgehead atoms. The maximum atomic E-state index is 9.96. The molecule has 0 aromatic heterocycles. The van der Waals surface area contributed by atoms with Crippen LogP contribution in [0.2, 0.25) is 0 Å². The molecule has 4 heteroatoms. The highest BCUT2D eigenvalue weighted by atomic mass is 16.5. The van der Waals surface area contributed by atoms with Crippen molar-refractivity contribution in [2.45, 2.75) is 32.0 Å². The van der Waals surface area contributed by atoms with Gasteiger partial charge in [0.25, 0.3) is 0 Å². The topological polar surface area (TPSA) is 52.9 Å². The quantitative estimate of drug-likeness (QED) is 0.840. The fourth-order valence-corrected chi connectivity index (χ4v) is 2.37. The van der Waals surface area contributed by atoms with Crippen LogP contribution < -0.4 is 4.74 Å². The SMILES string of the molecule is Cc1ccc(OC[C@@H](O)CN2CCC[C@H](O)C2)cc1. The molecule has 1 aromatic rings. The van der Waals surface area contributed by atoms with Crippen molar-refractivity contribution in [1.29, 1.82) is 0 Å². The Balaban J connectivity index is 1.72. The van der Waals surface area contributed by atoms with Crippen molar-refractivity contribution in [3.05, 3.63) is 29.8 Å². The number of β-amino-alcohol motifs (C(OH)–C–C–N with tert-alkyl or cyclic N) is 2. The van der Waals surface area contributed by atoms with Gasteiger partial charge in [-0.3, -0.25) is 4.90 Å². The minimum Gasteiger partial charge on any atom is -0.491 e. The zero-order chi connectivity index (χ0) is 13.7. The first-order valence-corrected chi connectivity index (χ1v) is 6.91. The second-order valence-corrected chi connectivity index (χ2v) is 5.33. The molecule has 106 valence electrons. The van der Waals surface area contributed by atoms with Gasteiger partial charge >= 0.3 is 0 Å². The number of likely N-dealkylation sites (tertiary alicyclic amines) is 1. The van der Waals surface area contributed by atoms with Crippen molar-refractivity contribution in [1.82, 2.24) is 4.90 Å². The number of benzene rings is 1. The third-order valence-corrected chi connectivity index (χ3v) is 3.41. The van der Waals surface area contributed by atoms with E-state index in [-0.39, 0.29) is 12.7 Å². The minimum absolute atomic E-state index is 0.251. The Labute approximate surface area is 114 Å². The summed E-state index contributed by atoms with van der Waals surface area (Å²) in [5, 5.41) is 19.5. The van der Waals surface area contributed by atoms with Crippen molar-refractivity contribution < 1.29 is 14.9 Å². The van der Waals surface area contributed by atoms with E-state index in [1.54, 1.807) is 0 Å². The maximum absolute atomic E-state index is 9.96. The first kappa shape index (κ1) is 14.3. The Bertz CT molecular complexity index is 379. The van der Waals surface area contributed by atoms with E-state index >= 15 is 0 Å². The number of aliphatic hydroxyl groups excluding tert-OH is 2. The van der Waals surface area contributed by atoms with E-state index in [9.17, 15) is 10.2 Å². The number of hydrogen-bond donors (Lipinski definition) is 2. The number of rotatable bonds is 5. The van der Waals surface area contributed by atoms with Crippen molar-refractivity contribution in [2.75, 3.05) is 26.2 Å². The number of piperidine rings is 1. The van der Waals surface area contributed by atoms with E-state index in [2.05, 4.69) is 4.90 Å². The number of aliphatic hydroxyl groups is 2. The van der Waals surface area contributed by atoms with E-state index in [1.807, 2.05) is 31.2 Å². The predicted octanol–water partition coefficient (Wildman–Crippen LogP) is 1.19. The fraction of sp³-hybridized carbons (Fsp3) is 0.600. The van der Waals surface area contributed by atoms with Crippen molar-refractivity contribution in [3.63, 3.8) is 0 Å². The van der Waals surface area contributed by atoms with Crippen LogP contribution in [0.3, 0.4) is 0 Å². The van der Waals surface area contributed by atoms with Gasteiger partial charge in [-0.1, -0.05) is 17.7 Å². The van der Waals surface area contributed by atoms with Gasteiger partial charge in [0.2, 0.25) is 0 Å². The Morgan fingerprint density at radius 1 is 1.37 bits per heavy atom. The predicted molar refractivity (Wildman–Crippen MR) is 74.4 cm³/mol. The van der Waals surface area contributed by atoms with E-state index in [1.165, 1.54) is 5.56 Å². The van der Waals surface area contributed by atoms with Crippen molar-refractivity contribution in [3.8, 4) is 5.75 Å². The first-order valence-electron chi connectivity index (χ1n) is 6.91. The molecule has 0 spiro atoms. The van der Waals surface area contributed by atoms with Gasteiger partial charge in [0, 0.05) is 13.1 Å². The largest absolute Gasteiger partial charge is 0.491 e. The lowest BCUT2D eigenvalue weighted by molar-refractivity contribution is 0.0243. The van der Waals surface area contributed by atoms with Gasteiger partial charge in [-0.2, -0.15) is 0 Å². The van der Waals surface area contributed by atoms with E-state index in [4.69, 9.17) is 4.74 Å². The standard InChI is InChI=1S/C15H23NO3/c1-12-4-6-15(7-5-12)19-11-14(18)10-16-8-2-3-13(17)9-16/h4-7,13-14,17-18H,2-3,8-11H2,1H3/t13-,14-/m0/s1. The second-order valence-electron chi connectivity index (χ2n) is 5.33. The molecular formula is C15H23NO3. The van der Waals surface area contributed by atoms with Crippen molar-refractivity contribution in [2.24, 2.45) is 0 Å². The molecule has 1 heterocycles. The lowest BCUT2D eigenvalue weighted by atomic mass is 10.1. The third kappa shape index (κ3) is 4.82. The number of aryl methyl sites for hydroxylation is 1. The molecular weight excluding hydrogens is 242 g/mol. The summed E-state index contributed by atoms with van der Waals surface area (Å²) in [7, 11) is 0. The maximum Gasteiger partial charge on any atom is 0.119 e. The minimum atomic E-state index is -0.522. The van der Waals surface area contributed by atoms with Gasteiger partial charge in [-0.15, -0.1) is 0 Å². The summed E-state index contributed by atoms with van der Waals surface area (Å²) in [4.78, 5) is 2.09. The molecule has 1 aliphatic rings. The van der Waals surface area contributed by atoms with Crippen LogP contribution in [0.1, 0.15) is 18.4 Å². The van der Waals surface area contributed by atoms with Crippen LogP contribution in [0.5, 0.6) is 5.75 Å². The molecule has 1 aromatic carbocycles. The molecule has 1 saturated heterocycles. The number of nitrogens with zero attached hydrogens (tertiary/aromatic N) is 1. The van der Waals surface area contributed by atoms with Gasteiger partial charge in [0.15, 0.2) is 0 Å². The third-order valence-electron chi connectivity index (χ3n) is 3.41. The monoisotopic (exact) mass is 265 g/mol. The Kier molecular flexibility index (Phi) is 5.19. The number of ether oxygens (including phenoxy) is 1. The smallest absolute Gasteiger partial charge is 0.119 e. The summed E-state index contributed by atoms with van der Waals surface area (Å²) in [6, 6.07) is 7.80. The van der Waals surface area contributed by atoms with Gasteiger partial charge in [-0.25, -0.2) is 0 Å². The Hall–Kier alpha value is -1.10. The molecule has 19 heavy (non-hydrogen) atoms. The Morgan fingerprint density at radius 2 is 2.11 bits per heavy atom. The normalized spacial score (nSPS) is 22.2. The summed E-state index contributed by atoms with van der Waals surface area (Å²) in [6.07, 6.45) is 1.09. The van der Waals surface area contributed by atoms with Crippen LogP contribution >= 0.6 is 0 Å². The van der Waals surface area contributed by atoms with Gasteiger partial charge < -0.3 is 14.9 Å². The molecule has 4 nitrogen and oxygen atoms in total. The van der Waals surface area contributed by atoms with Crippen molar-refractivity contribution >= 4 is 0 Å². The van der Waals surface area contributed by atoms with Gasteiger partial charge in [0.1, 0.15) is 18.5 Å². The van der Waals surface area contributed by atoms with E-state index < -0.39 is 6.10 Å². The van der Waals surface area contributed by atoms with Crippen LogP contribution in [0.25, 0.3) is 0 Å². The average Bonchev–Trinajstić information content (AvgIpc) is 2.38. The van der Waals surface area contributed by atoms with Crippen LogP contribution in [0, 0.1) is 6.92 Å². The molecule has 2 atom stereocenters. The van der Waals surface area contributed by atoms with Crippen LogP contribution in [-0.2, 0) is 0 Å². The molecule has 0 aliphatic carbocycles. The summed E-state index contributed by atoms with van der Waals surface area (Å²) in [5.74, 6) is 0.781. The zero-order valence-electron chi connectivity index (χ0n) is 11.5. The summed E-state index contributed by atoms with van der Waals surface area (Å²) in [6.45, 7) is 4.47. The molecule has 0 saturated carbocycles. The molecule has 1 aliphatic heterocycles. The first-order chi connectivity index (χ1) is 9.13. The van der Waals surface area contributed by atoms with E-state index in [0.717, 1.165) is 25.1 Å². The second kappa shape index (κ2) is 6.89. The van der Waals surface area contributed by atoms with Crippen LogP contribution in [0.15, 0.2) is 24.3 Å². The lowest BCUT2D eigenvalue weighted by Gasteiger charge is -2.31. The van der Waals surface area contributed by atoms with Crippen LogP contribution in [-0.4, -0.2) is 53.6 Å². The molecule has 1 fully saturated rings. The Morgan fingerprint density at radius 3 is 2.79 bits per heavy atom. The molecule has 2 N–H and O–H groups in total. The average molecular weight is 265 g/mol. The summed E-state index contributed by atoms with van der Waals surface area (Å²) < 4.78 is 5.55. The highest BCUT2D eigenvalue weighted by Crippen LogP contribution is 2.13. The summed E-state index contributed by atoms with van der Waals surface area (Å²) >= 11 is 0. The van der Waals surface area contributed by atoms with Gasteiger partial charge in [0.05, 0.1) is 6.10 Å². The fourth-order valence-electron chi connectivity index (χ4n) is 2.37. The van der Waals surface area contributed by atoms with Crippen LogP contribution in [0.4, 0.5) is 0 Å². The highest BCUT2D eigenvalue weighted by Gasteiger charge is 2.20. The highest BCUT2D eigenvalue weighted by molar-refractivity contribution is 5.26. The summed E-state index contributed by atoms with van der Waals surface area (Å²) in [5.41, 5.74) is 1.19. The zero-order valence-corrected chi connectivity index (χ0v) is 11.5. The number of hydrogen-bond acceptors (Lipinski definition) is 4. The molecule has 2 rings (SSSR count). The molecule has 0 unspecified atom stereocenters. The molecule has 0 radical (unpaired) electrons.